The van der Waals surface area contributed by atoms with Crippen LogP contribution in [-0.2, 0) is 0 Å². The van der Waals surface area contributed by atoms with E-state index in [1.54, 1.807) is 13.0 Å². The third kappa shape index (κ3) is 3.99. The first-order chi connectivity index (χ1) is 8.04. The van der Waals surface area contributed by atoms with Crippen LogP contribution in [0.15, 0.2) is 12.1 Å². The fourth-order valence-corrected chi connectivity index (χ4v) is 1.42. The molecule has 1 heterocycles. The van der Waals surface area contributed by atoms with E-state index in [4.69, 9.17) is 5.11 Å². The normalized spacial score (nSPS) is 12.2. The number of aromatic nitrogens is 1. The van der Waals surface area contributed by atoms with E-state index >= 15 is 0 Å². The van der Waals surface area contributed by atoms with Crippen LogP contribution in [0.25, 0.3) is 0 Å². The number of rotatable bonds is 6. The molecule has 1 atom stereocenters. The van der Waals surface area contributed by atoms with Crippen LogP contribution < -0.4 is 5.32 Å². The van der Waals surface area contributed by atoms with Crippen LogP contribution >= 0.6 is 0 Å². The van der Waals surface area contributed by atoms with Gasteiger partial charge in [-0.15, -0.1) is 0 Å². The van der Waals surface area contributed by atoms with E-state index in [2.05, 4.69) is 10.3 Å². The Bertz CT molecular complexity index is 396. The van der Waals surface area contributed by atoms with Crippen molar-refractivity contribution in [2.45, 2.75) is 20.3 Å². The zero-order chi connectivity index (χ0) is 12.8. The lowest BCUT2D eigenvalue weighted by molar-refractivity contribution is -0.384. The fourth-order valence-electron chi connectivity index (χ4n) is 1.42. The van der Waals surface area contributed by atoms with Crippen LogP contribution in [-0.4, -0.2) is 28.2 Å². The van der Waals surface area contributed by atoms with E-state index in [-0.39, 0.29) is 18.2 Å². The van der Waals surface area contributed by atoms with Gasteiger partial charge in [0.2, 0.25) is 5.82 Å². The number of nitrogens with one attached hydrogen (secondary N) is 1. The summed E-state index contributed by atoms with van der Waals surface area (Å²) in [5, 5.41) is 22.5. The summed E-state index contributed by atoms with van der Waals surface area (Å²) in [5.41, 5.74) is 0.708. The summed E-state index contributed by atoms with van der Waals surface area (Å²) >= 11 is 0. The standard InChI is InChI=1S/C11H17N3O3/c1-8(5-6-15)7-12-11-10(14(16)17)4-3-9(2)13-11/h3-4,8,15H,5-7H2,1-2H3,(H,12,13). The Morgan fingerprint density at radius 1 is 1.59 bits per heavy atom. The Labute approximate surface area is 99.8 Å². The Morgan fingerprint density at radius 2 is 2.29 bits per heavy atom. The molecule has 1 unspecified atom stereocenters. The molecule has 0 amide bonds. The first-order valence-electron chi connectivity index (χ1n) is 5.51. The summed E-state index contributed by atoms with van der Waals surface area (Å²) in [7, 11) is 0. The monoisotopic (exact) mass is 239 g/mol. The number of hydrogen-bond acceptors (Lipinski definition) is 5. The maximum Gasteiger partial charge on any atom is 0.311 e. The molecule has 1 aromatic rings. The number of nitrogens with zero attached hydrogens (tertiary/aromatic N) is 2. The minimum absolute atomic E-state index is 0.0215. The first kappa shape index (κ1) is 13.4. The van der Waals surface area contributed by atoms with E-state index in [1.165, 1.54) is 6.07 Å². The molecule has 0 aliphatic carbocycles. The molecule has 0 aromatic carbocycles. The second kappa shape index (κ2) is 6.15. The SMILES string of the molecule is Cc1ccc([N+](=O)[O-])c(NCC(C)CCO)n1. The highest BCUT2D eigenvalue weighted by Crippen LogP contribution is 2.22. The van der Waals surface area contributed by atoms with Gasteiger partial charge in [0, 0.05) is 24.9 Å². The van der Waals surface area contributed by atoms with Crippen molar-refractivity contribution >= 4 is 11.5 Å². The smallest absolute Gasteiger partial charge is 0.311 e. The molecule has 0 aliphatic heterocycles. The van der Waals surface area contributed by atoms with E-state index < -0.39 is 4.92 Å². The molecular weight excluding hydrogens is 222 g/mol. The Morgan fingerprint density at radius 3 is 2.88 bits per heavy atom. The number of anilines is 1. The Balaban J connectivity index is 2.75. The number of nitro groups is 1. The molecule has 0 aliphatic rings. The van der Waals surface area contributed by atoms with Crippen LogP contribution in [0.4, 0.5) is 11.5 Å². The third-order valence-electron chi connectivity index (χ3n) is 2.45. The minimum Gasteiger partial charge on any atom is -0.396 e. The predicted molar refractivity (Wildman–Crippen MR) is 65.0 cm³/mol. The molecule has 0 saturated heterocycles. The molecule has 17 heavy (non-hydrogen) atoms. The molecule has 0 saturated carbocycles. The van der Waals surface area contributed by atoms with Crippen LogP contribution in [0.5, 0.6) is 0 Å². The minimum atomic E-state index is -0.453. The van der Waals surface area contributed by atoms with Gasteiger partial charge >= 0.3 is 5.69 Å². The highest BCUT2D eigenvalue weighted by atomic mass is 16.6. The Kier molecular flexibility index (Phi) is 4.84. The lowest BCUT2D eigenvalue weighted by Gasteiger charge is -2.11. The molecular formula is C11H17N3O3. The number of aliphatic hydroxyl groups is 1. The van der Waals surface area contributed by atoms with E-state index in [9.17, 15) is 10.1 Å². The van der Waals surface area contributed by atoms with Crippen molar-refractivity contribution in [2.75, 3.05) is 18.5 Å². The number of pyridine rings is 1. The zero-order valence-electron chi connectivity index (χ0n) is 10.0. The highest BCUT2D eigenvalue weighted by molar-refractivity contribution is 5.56. The zero-order valence-corrected chi connectivity index (χ0v) is 10.0. The van der Waals surface area contributed by atoms with Crippen molar-refractivity contribution in [2.24, 2.45) is 5.92 Å². The van der Waals surface area contributed by atoms with E-state index in [0.717, 1.165) is 5.69 Å². The van der Waals surface area contributed by atoms with Crippen molar-refractivity contribution in [3.8, 4) is 0 Å². The van der Waals surface area contributed by atoms with Crippen molar-refractivity contribution in [1.82, 2.24) is 4.98 Å². The van der Waals surface area contributed by atoms with Crippen LogP contribution in [0.2, 0.25) is 0 Å². The highest BCUT2D eigenvalue weighted by Gasteiger charge is 2.15. The first-order valence-corrected chi connectivity index (χ1v) is 5.51. The van der Waals surface area contributed by atoms with Crippen LogP contribution in [0, 0.1) is 23.0 Å². The topological polar surface area (TPSA) is 88.3 Å². The number of aliphatic hydroxyl groups excluding tert-OH is 1. The van der Waals surface area contributed by atoms with Gasteiger partial charge in [-0.05, 0) is 25.3 Å². The lowest BCUT2D eigenvalue weighted by atomic mass is 10.1. The van der Waals surface area contributed by atoms with Crippen molar-refractivity contribution < 1.29 is 10.0 Å². The Hall–Kier alpha value is -1.69. The maximum absolute atomic E-state index is 10.8. The van der Waals surface area contributed by atoms with Gasteiger partial charge in [0.15, 0.2) is 0 Å². The fraction of sp³-hybridized carbons (Fsp3) is 0.545. The van der Waals surface area contributed by atoms with Crippen molar-refractivity contribution in [1.29, 1.82) is 0 Å². The summed E-state index contributed by atoms with van der Waals surface area (Å²) in [6.45, 7) is 4.42. The van der Waals surface area contributed by atoms with Gasteiger partial charge in [0.1, 0.15) is 0 Å². The lowest BCUT2D eigenvalue weighted by Crippen LogP contribution is -2.14. The largest absolute Gasteiger partial charge is 0.396 e. The third-order valence-corrected chi connectivity index (χ3v) is 2.45. The van der Waals surface area contributed by atoms with Gasteiger partial charge < -0.3 is 10.4 Å². The summed E-state index contributed by atoms with van der Waals surface area (Å²) in [6, 6.07) is 3.06. The molecule has 0 bridgehead atoms. The van der Waals surface area contributed by atoms with Gasteiger partial charge in [-0.3, -0.25) is 10.1 Å². The summed E-state index contributed by atoms with van der Waals surface area (Å²) in [5.74, 6) is 0.529. The molecule has 2 N–H and O–H groups in total. The van der Waals surface area contributed by atoms with Crippen LogP contribution in [0.3, 0.4) is 0 Å². The molecule has 0 radical (unpaired) electrons. The van der Waals surface area contributed by atoms with Gasteiger partial charge in [-0.2, -0.15) is 0 Å². The summed E-state index contributed by atoms with van der Waals surface area (Å²) < 4.78 is 0. The average molecular weight is 239 g/mol. The second-order valence-corrected chi connectivity index (χ2v) is 4.08. The second-order valence-electron chi connectivity index (χ2n) is 4.08. The van der Waals surface area contributed by atoms with Gasteiger partial charge in [-0.1, -0.05) is 6.92 Å². The molecule has 6 heteroatoms. The van der Waals surface area contributed by atoms with Gasteiger partial charge in [0.25, 0.3) is 0 Å². The summed E-state index contributed by atoms with van der Waals surface area (Å²) in [4.78, 5) is 14.4. The number of hydrogen-bond donors (Lipinski definition) is 2. The van der Waals surface area contributed by atoms with E-state index in [1.807, 2.05) is 6.92 Å². The molecule has 94 valence electrons. The molecule has 0 spiro atoms. The molecule has 1 aromatic heterocycles. The van der Waals surface area contributed by atoms with Gasteiger partial charge in [0.05, 0.1) is 4.92 Å². The van der Waals surface area contributed by atoms with Crippen molar-refractivity contribution in [3.63, 3.8) is 0 Å². The van der Waals surface area contributed by atoms with E-state index in [0.29, 0.717) is 18.8 Å². The quantitative estimate of drug-likeness (QED) is 0.583. The number of aryl methyl sites for hydroxylation is 1. The predicted octanol–water partition coefficient (Wildman–Crippen LogP) is 1.73. The summed E-state index contributed by atoms with van der Waals surface area (Å²) in [6.07, 6.45) is 0.659. The van der Waals surface area contributed by atoms with Crippen LogP contribution in [0.1, 0.15) is 19.0 Å². The average Bonchev–Trinajstić information content (AvgIpc) is 2.26. The van der Waals surface area contributed by atoms with Crippen molar-refractivity contribution in [3.05, 3.63) is 27.9 Å². The molecule has 0 fully saturated rings. The molecule has 1 rings (SSSR count). The molecule has 6 nitrogen and oxygen atoms in total. The van der Waals surface area contributed by atoms with Gasteiger partial charge in [-0.25, -0.2) is 4.98 Å². The maximum atomic E-state index is 10.8.